The van der Waals surface area contributed by atoms with E-state index in [1.165, 1.54) is 18.4 Å². The van der Waals surface area contributed by atoms with Gasteiger partial charge in [-0.3, -0.25) is 4.79 Å². The number of rotatable bonds is 3. The second kappa shape index (κ2) is 4.33. The van der Waals surface area contributed by atoms with Crippen LogP contribution in [0.3, 0.4) is 0 Å². The SMILES string of the molecule is COC(=O)C1(C(N)c2ccc(Cl)s2)COC1. The highest BCUT2D eigenvalue weighted by Crippen LogP contribution is 2.42. The van der Waals surface area contributed by atoms with Gasteiger partial charge in [0.2, 0.25) is 0 Å². The summed E-state index contributed by atoms with van der Waals surface area (Å²) >= 11 is 7.22. The molecular formula is C10H12ClNO3S. The molecule has 16 heavy (non-hydrogen) atoms. The van der Waals surface area contributed by atoms with Crippen LogP contribution in [0.15, 0.2) is 12.1 Å². The molecular weight excluding hydrogens is 250 g/mol. The van der Waals surface area contributed by atoms with E-state index in [-0.39, 0.29) is 5.97 Å². The first-order valence-electron chi connectivity index (χ1n) is 4.77. The van der Waals surface area contributed by atoms with Gasteiger partial charge in [-0.1, -0.05) is 11.6 Å². The molecule has 0 aliphatic carbocycles. The highest BCUT2D eigenvalue weighted by molar-refractivity contribution is 7.16. The van der Waals surface area contributed by atoms with E-state index in [0.717, 1.165) is 4.88 Å². The third-order valence-corrected chi connectivity index (χ3v) is 4.12. The number of halogens is 1. The molecule has 0 radical (unpaired) electrons. The lowest BCUT2D eigenvalue weighted by molar-refractivity contribution is -0.188. The Bertz CT molecular complexity index is 403. The summed E-state index contributed by atoms with van der Waals surface area (Å²) in [4.78, 5) is 12.6. The number of hydrogen-bond acceptors (Lipinski definition) is 5. The Hall–Kier alpha value is -0.620. The van der Waals surface area contributed by atoms with Gasteiger partial charge in [-0.25, -0.2) is 0 Å². The molecule has 4 nitrogen and oxygen atoms in total. The molecule has 1 aliphatic rings. The fourth-order valence-electron chi connectivity index (χ4n) is 1.72. The van der Waals surface area contributed by atoms with Crippen molar-refractivity contribution in [1.82, 2.24) is 0 Å². The highest BCUT2D eigenvalue weighted by atomic mass is 35.5. The van der Waals surface area contributed by atoms with Gasteiger partial charge < -0.3 is 15.2 Å². The van der Waals surface area contributed by atoms with Gasteiger partial charge in [0.05, 0.1) is 30.7 Å². The minimum Gasteiger partial charge on any atom is -0.468 e. The lowest BCUT2D eigenvalue weighted by Crippen LogP contribution is -2.56. The Labute approximate surface area is 102 Å². The molecule has 2 rings (SSSR count). The van der Waals surface area contributed by atoms with Crippen molar-refractivity contribution in [2.45, 2.75) is 6.04 Å². The Balaban J connectivity index is 2.25. The molecule has 1 aromatic heterocycles. The number of thiophene rings is 1. The summed E-state index contributed by atoms with van der Waals surface area (Å²) in [6.07, 6.45) is 0. The molecule has 2 N–H and O–H groups in total. The molecule has 1 aromatic rings. The van der Waals surface area contributed by atoms with Gasteiger partial charge in [0.25, 0.3) is 0 Å². The van der Waals surface area contributed by atoms with Crippen molar-refractivity contribution in [3.05, 3.63) is 21.3 Å². The number of carbonyl (C=O) groups is 1. The normalized spacial score (nSPS) is 19.9. The molecule has 1 aliphatic heterocycles. The van der Waals surface area contributed by atoms with Crippen molar-refractivity contribution < 1.29 is 14.3 Å². The average molecular weight is 262 g/mol. The smallest absolute Gasteiger partial charge is 0.318 e. The van der Waals surface area contributed by atoms with Crippen molar-refractivity contribution in [3.63, 3.8) is 0 Å². The number of methoxy groups -OCH3 is 1. The predicted molar refractivity (Wildman–Crippen MR) is 61.5 cm³/mol. The first kappa shape index (κ1) is 11.9. The first-order chi connectivity index (χ1) is 7.60. The largest absolute Gasteiger partial charge is 0.468 e. The molecule has 1 unspecified atom stereocenters. The van der Waals surface area contributed by atoms with Gasteiger partial charge in [0.1, 0.15) is 5.41 Å². The minimum atomic E-state index is -0.747. The van der Waals surface area contributed by atoms with Crippen molar-refractivity contribution in [2.75, 3.05) is 20.3 Å². The lowest BCUT2D eigenvalue weighted by atomic mass is 9.78. The zero-order valence-electron chi connectivity index (χ0n) is 8.73. The quantitative estimate of drug-likeness (QED) is 0.840. The fourth-order valence-corrected chi connectivity index (χ4v) is 2.90. The molecule has 2 heterocycles. The number of hydrogen-bond donors (Lipinski definition) is 1. The monoisotopic (exact) mass is 261 g/mol. The van der Waals surface area contributed by atoms with Crippen molar-refractivity contribution in [3.8, 4) is 0 Å². The molecule has 88 valence electrons. The van der Waals surface area contributed by atoms with Crippen LogP contribution in [0.5, 0.6) is 0 Å². The van der Waals surface area contributed by atoms with Crippen LogP contribution in [0, 0.1) is 5.41 Å². The minimum absolute atomic E-state index is 0.302. The van der Waals surface area contributed by atoms with Crippen LogP contribution in [0.4, 0.5) is 0 Å². The molecule has 0 spiro atoms. The van der Waals surface area contributed by atoms with E-state index in [0.29, 0.717) is 17.6 Å². The Morgan fingerprint density at radius 1 is 1.69 bits per heavy atom. The zero-order valence-corrected chi connectivity index (χ0v) is 10.3. The molecule has 0 amide bonds. The van der Waals surface area contributed by atoms with Gasteiger partial charge in [-0.15, -0.1) is 11.3 Å². The molecule has 0 aromatic carbocycles. The summed E-state index contributed by atoms with van der Waals surface area (Å²) < 4.78 is 10.5. The lowest BCUT2D eigenvalue weighted by Gasteiger charge is -2.42. The van der Waals surface area contributed by atoms with Crippen LogP contribution >= 0.6 is 22.9 Å². The maximum atomic E-state index is 11.7. The molecule has 1 atom stereocenters. The van der Waals surface area contributed by atoms with Crippen LogP contribution < -0.4 is 5.73 Å². The Morgan fingerprint density at radius 3 is 2.75 bits per heavy atom. The molecule has 0 saturated carbocycles. The van der Waals surface area contributed by atoms with Gasteiger partial charge in [-0.2, -0.15) is 0 Å². The summed E-state index contributed by atoms with van der Waals surface area (Å²) in [5, 5.41) is 0. The van der Waals surface area contributed by atoms with Gasteiger partial charge in [-0.05, 0) is 12.1 Å². The first-order valence-corrected chi connectivity index (χ1v) is 5.96. The Kier molecular flexibility index (Phi) is 3.21. The summed E-state index contributed by atoms with van der Waals surface area (Å²) in [6.45, 7) is 0.604. The fraction of sp³-hybridized carbons (Fsp3) is 0.500. The van der Waals surface area contributed by atoms with E-state index >= 15 is 0 Å². The standard InChI is InChI=1S/C10H12ClNO3S/c1-14-9(13)10(4-15-5-10)8(12)6-2-3-7(11)16-6/h2-3,8H,4-5,12H2,1H3. The van der Waals surface area contributed by atoms with E-state index in [1.807, 2.05) is 6.07 Å². The van der Waals surface area contributed by atoms with E-state index in [4.69, 9.17) is 26.8 Å². The maximum absolute atomic E-state index is 11.7. The van der Waals surface area contributed by atoms with E-state index in [9.17, 15) is 4.79 Å². The molecule has 1 fully saturated rings. The van der Waals surface area contributed by atoms with Gasteiger partial charge >= 0.3 is 5.97 Å². The molecule has 1 saturated heterocycles. The summed E-state index contributed by atoms with van der Waals surface area (Å²) in [5.74, 6) is -0.323. The second-order valence-corrected chi connectivity index (χ2v) is 5.51. The van der Waals surface area contributed by atoms with E-state index < -0.39 is 11.5 Å². The van der Waals surface area contributed by atoms with Crippen molar-refractivity contribution >= 4 is 28.9 Å². The van der Waals surface area contributed by atoms with Crippen LogP contribution in [-0.2, 0) is 14.3 Å². The van der Waals surface area contributed by atoms with Crippen LogP contribution in [0.25, 0.3) is 0 Å². The third kappa shape index (κ3) is 1.73. The van der Waals surface area contributed by atoms with Crippen LogP contribution in [0.2, 0.25) is 4.34 Å². The average Bonchev–Trinajstić information content (AvgIpc) is 2.62. The van der Waals surface area contributed by atoms with Crippen molar-refractivity contribution in [2.24, 2.45) is 11.1 Å². The summed E-state index contributed by atoms with van der Waals surface area (Å²) in [5.41, 5.74) is 5.35. The molecule has 0 bridgehead atoms. The number of ether oxygens (including phenoxy) is 2. The number of nitrogens with two attached hydrogens (primary N) is 1. The number of esters is 1. The van der Waals surface area contributed by atoms with Gasteiger partial charge in [0, 0.05) is 4.88 Å². The van der Waals surface area contributed by atoms with Crippen LogP contribution in [-0.4, -0.2) is 26.3 Å². The maximum Gasteiger partial charge on any atom is 0.318 e. The van der Waals surface area contributed by atoms with E-state index in [1.54, 1.807) is 6.07 Å². The number of carbonyl (C=O) groups excluding carboxylic acids is 1. The third-order valence-electron chi connectivity index (χ3n) is 2.81. The van der Waals surface area contributed by atoms with E-state index in [2.05, 4.69) is 0 Å². The molecule has 6 heteroatoms. The zero-order chi connectivity index (χ0) is 11.8. The highest BCUT2D eigenvalue weighted by Gasteiger charge is 2.52. The van der Waals surface area contributed by atoms with Crippen molar-refractivity contribution in [1.29, 1.82) is 0 Å². The summed E-state index contributed by atoms with van der Waals surface area (Å²) in [6, 6.07) is 3.18. The predicted octanol–water partition coefficient (Wildman–Crippen LogP) is 1.59. The topological polar surface area (TPSA) is 61.5 Å². The Morgan fingerprint density at radius 2 is 2.38 bits per heavy atom. The van der Waals surface area contributed by atoms with Crippen LogP contribution in [0.1, 0.15) is 10.9 Å². The second-order valence-electron chi connectivity index (χ2n) is 3.76. The summed E-state index contributed by atoms with van der Waals surface area (Å²) in [7, 11) is 1.36. The van der Waals surface area contributed by atoms with Gasteiger partial charge in [0.15, 0.2) is 0 Å².